The number of nitro groups is 1. The highest BCUT2D eigenvalue weighted by Gasteiger charge is 2.39. The zero-order valence-corrected chi connectivity index (χ0v) is 21.0. The summed E-state index contributed by atoms with van der Waals surface area (Å²) < 4.78 is 11.2. The number of hydrogen-bond acceptors (Lipinski definition) is 7. The Morgan fingerprint density at radius 3 is 2.14 bits per heavy atom. The summed E-state index contributed by atoms with van der Waals surface area (Å²) in [5.41, 5.74) is 2.62. The highest BCUT2D eigenvalue weighted by Crippen LogP contribution is 2.40. The van der Waals surface area contributed by atoms with Gasteiger partial charge in [0.2, 0.25) is 0 Å². The van der Waals surface area contributed by atoms with Crippen LogP contribution in [0.25, 0.3) is 6.08 Å². The van der Waals surface area contributed by atoms with E-state index in [2.05, 4.69) is 5.32 Å². The summed E-state index contributed by atoms with van der Waals surface area (Å²) >= 11 is 0. The Hall–Kier alpha value is -4.20. The fraction of sp³-hybridized carbons (Fsp3) is 0.286. The van der Waals surface area contributed by atoms with Crippen LogP contribution < -0.4 is 5.32 Å². The number of nitrogens with one attached hydrogen (secondary N) is 1. The van der Waals surface area contributed by atoms with Crippen LogP contribution in [0.15, 0.2) is 83.2 Å². The molecular weight excluding hydrogens is 460 g/mol. The minimum Gasteiger partial charge on any atom is -0.460 e. The van der Waals surface area contributed by atoms with Crippen molar-refractivity contribution in [3.8, 4) is 0 Å². The molecule has 188 valence electrons. The lowest BCUT2D eigenvalue weighted by atomic mass is 9.80. The minimum absolute atomic E-state index is 0.148. The zero-order chi connectivity index (χ0) is 26.4. The molecule has 0 aliphatic carbocycles. The Labute approximate surface area is 210 Å². The summed E-state index contributed by atoms with van der Waals surface area (Å²) in [7, 11) is 0. The van der Waals surface area contributed by atoms with Gasteiger partial charge in [-0.25, -0.2) is 9.59 Å². The molecule has 1 N–H and O–H groups in total. The van der Waals surface area contributed by atoms with Crippen molar-refractivity contribution in [3.63, 3.8) is 0 Å². The number of benzene rings is 2. The molecule has 0 saturated carbocycles. The number of nitro benzene ring substituents is 1. The van der Waals surface area contributed by atoms with Crippen LogP contribution in [0.3, 0.4) is 0 Å². The van der Waals surface area contributed by atoms with E-state index in [0.717, 1.165) is 5.56 Å². The molecule has 0 saturated heterocycles. The van der Waals surface area contributed by atoms with Gasteiger partial charge in [-0.05, 0) is 51.8 Å². The lowest BCUT2D eigenvalue weighted by molar-refractivity contribution is -0.384. The monoisotopic (exact) mass is 490 g/mol. The fourth-order valence-corrected chi connectivity index (χ4v) is 4.05. The van der Waals surface area contributed by atoms with Crippen LogP contribution in [0.2, 0.25) is 0 Å². The van der Waals surface area contributed by atoms with Crippen molar-refractivity contribution in [2.24, 2.45) is 0 Å². The third-order valence-corrected chi connectivity index (χ3v) is 5.61. The molecule has 0 aromatic heterocycles. The molecule has 2 aromatic carbocycles. The first-order valence-electron chi connectivity index (χ1n) is 11.7. The number of allylic oxidation sites excluding steroid dienone is 2. The molecule has 1 heterocycles. The lowest BCUT2D eigenvalue weighted by Crippen LogP contribution is -2.33. The van der Waals surface area contributed by atoms with Gasteiger partial charge in [-0.2, -0.15) is 0 Å². The van der Waals surface area contributed by atoms with Gasteiger partial charge in [0.05, 0.1) is 28.1 Å². The summed E-state index contributed by atoms with van der Waals surface area (Å²) in [6.07, 6.45) is 2.65. The van der Waals surface area contributed by atoms with Gasteiger partial charge in [0.25, 0.3) is 5.69 Å². The first kappa shape index (κ1) is 26.4. The molecule has 0 bridgehead atoms. The van der Waals surface area contributed by atoms with Crippen molar-refractivity contribution in [2.45, 2.75) is 52.7 Å². The van der Waals surface area contributed by atoms with E-state index in [4.69, 9.17) is 9.47 Å². The molecule has 1 aliphatic heterocycles. The second-order valence-electron chi connectivity index (χ2n) is 8.82. The largest absolute Gasteiger partial charge is 0.460 e. The second kappa shape index (κ2) is 11.5. The molecule has 2 aromatic rings. The van der Waals surface area contributed by atoms with Crippen molar-refractivity contribution >= 4 is 23.7 Å². The van der Waals surface area contributed by atoms with Gasteiger partial charge in [0.15, 0.2) is 0 Å². The zero-order valence-electron chi connectivity index (χ0n) is 21.0. The molecule has 2 unspecified atom stereocenters. The summed E-state index contributed by atoms with van der Waals surface area (Å²) in [6.45, 7) is 8.60. The fourth-order valence-electron chi connectivity index (χ4n) is 4.05. The maximum atomic E-state index is 13.5. The molecule has 2 atom stereocenters. The molecular formula is C28H30N2O6. The summed E-state index contributed by atoms with van der Waals surface area (Å²) in [6, 6.07) is 15.5. The van der Waals surface area contributed by atoms with E-state index in [-0.39, 0.29) is 16.8 Å². The van der Waals surface area contributed by atoms with E-state index in [1.807, 2.05) is 36.4 Å². The van der Waals surface area contributed by atoms with E-state index >= 15 is 0 Å². The van der Waals surface area contributed by atoms with Crippen LogP contribution in [-0.4, -0.2) is 29.1 Å². The van der Waals surface area contributed by atoms with Crippen LogP contribution >= 0.6 is 0 Å². The lowest BCUT2D eigenvalue weighted by Gasteiger charge is -2.31. The summed E-state index contributed by atoms with van der Waals surface area (Å²) in [4.78, 5) is 37.5. The number of nitrogens with zero attached hydrogens (tertiary/aromatic N) is 1. The maximum Gasteiger partial charge on any atom is 0.337 e. The average Bonchev–Trinajstić information content (AvgIpc) is 2.82. The molecule has 8 heteroatoms. The number of ether oxygens (including phenoxy) is 2. The van der Waals surface area contributed by atoms with Crippen LogP contribution in [0.4, 0.5) is 5.69 Å². The average molecular weight is 491 g/mol. The number of dihydropyridines is 1. The van der Waals surface area contributed by atoms with E-state index in [9.17, 15) is 19.7 Å². The van der Waals surface area contributed by atoms with Gasteiger partial charge in [0, 0.05) is 23.5 Å². The molecule has 0 amide bonds. The molecule has 1 aliphatic rings. The topological polar surface area (TPSA) is 108 Å². The maximum absolute atomic E-state index is 13.5. The Morgan fingerprint density at radius 1 is 0.944 bits per heavy atom. The molecule has 8 nitrogen and oxygen atoms in total. The van der Waals surface area contributed by atoms with Crippen molar-refractivity contribution in [1.29, 1.82) is 0 Å². The smallest absolute Gasteiger partial charge is 0.337 e. The number of carbonyl (C=O) groups excluding carboxylic acids is 2. The van der Waals surface area contributed by atoms with Crippen LogP contribution in [0, 0.1) is 10.1 Å². The first-order valence-corrected chi connectivity index (χ1v) is 11.7. The quantitative estimate of drug-likeness (QED) is 0.299. The number of carbonyl (C=O) groups is 2. The summed E-state index contributed by atoms with van der Waals surface area (Å²) in [5, 5.41) is 14.5. The normalized spacial score (nSPS) is 16.7. The summed E-state index contributed by atoms with van der Waals surface area (Å²) in [5.74, 6) is -2.15. The Morgan fingerprint density at radius 2 is 1.56 bits per heavy atom. The molecule has 3 rings (SSSR count). The van der Waals surface area contributed by atoms with Gasteiger partial charge in [0.1, 0.15) is 6.10 Å². The number of non-ortho nitro benzene ring substituents is 1. The highest BCUT2D eigenvalue weighted by molar-refractivity contribution is 6.00. The third kappa shape index (κ3) is 6.27. The van der Waals surface area contributed by atoms with Crippen molar-refractivity contribution in [1.82, 2.24) is 5.32 Å². The SMILES string of the molecule is CC1=C(C(=O)OC(C)C)C(c2cccc([N+](=O)[O-])c2)C(C(=O)OC(C)/C=C/c2ccccc2)=C(C)N1. The van der Waals surface area contributed by atoms with E-state index in [1.54, 1.807) is 46.8 Å². The number of rotatable bonds is 8. The van der Waals surface area contributed by atoms with E-state index < -0.39 is 35.0 Å². The van der Waals surface area contributed by atoms with Gasteiger partial charge in [-0.1, -0.05) is 48.5 Å². The molecule has 0 fully saturated rings. The second-order valence-corrected chi connectivity index (χ2v) is 8.82. The van der Waals surface area contributed by atoms with Gasteiger partial charge in [-0.15, -0.1) is 0 Å². The molecule has 36 heavy (non-hydrogen) atoms. The standard InChI is InChI=1S/C28H30N2O6/c1-17(2)35-27(31)24-19(4)29-20(5)25(26(24)22-12-9-13-23(16-22)30(33)34)28(32)36-18(3)14-15-21-10-7-6-8-11-21/h6-18,26,29H,1-5H3/b15-14+. The van der Waals surface area contributed by atoms with Crippen LogP contribution in [-0.2, 0) is 19.1 Å². The predicted octanol–water partition coefficient (Wildman–Crippen LogP) is 5.43. The number of esters is 2. The van der Waals surface area contributed by atoms with Crippen molar-refractivity contribution < 1.29 is 24.0 Å². The van der Waals surface area contributed by atoms with Crippen molar-refractivity contribution in [2.75, 3.05) is 0 Å². The Kier molecular flexibility index (Phi) is 8.42. The van der Waals surface area contributed by atoms with Crippen LogP contribution in [0.5, 0.6) is 0 Å². The first-order chi connectivity index (χ1) is 17.1. The Bertz CT molecular complexity index is 1240. The molecule has 0 radical (unpaired) electrons. The Balaban J connectivity index is 2.01. The van der Waals surface area contributed by atoms with Gasteiger partial charge < -0.3 is 14.8 Å². The molecule has 0 spiro atoms. The van der Waals surface area contributed by atoms with Crippen molar-refractivity contribution in [3.05, 3.63) is 104 Å². The minimum atomic E-state index is -0.907. The third-order valence-electron chi connectivity index (χ3n) is 5.61. The van der Waals surface area contributed by atoms with E-state index in [0.29, 0.717) is 17.0 Å². The van der Waals surface area contributed by atoms with Gasteiger partial charge in [-0.3, -0.25) is 10.1 Å². The predicted molar refractivity (Wildman–Crippen MR) is 137 cm³/mol. The number of hydrogen-bond donors (Lipinski definition) is 1. The van der Waals surface area contributed by atoms with E-state index in [1.165, 1.54) is 18.2 Å². The van der Waals surface area contributed by atoms with Crippen LogP contribution in [0.1, 0.15) is 51.7 Å². The van der Waals surface area contributed by atoms with Gasteiger partial charge >= 0.3 is 11.9 Å². The highest BCUT2D eigenvalue weighted by atomic mass is 16.6.